The average molecular weight is 785 g/mol. The van der Waals surface area contributed by atoms with Crippen LogP contribution in [0.15, 0.2) is 182 Å². The maximum absolute atomic E-state index is 2.54. The molecule has 62 heavy (non-hydrogen) atoms. The Bertz CT molecular complexity index is 4170. The Kier molecular flexibility index (Phi) is 6.07. The molecule has 0 fully saturated rings. The topological polar surface area (TPSA) is 8.82 Å². The van der Waals surface area contributed by atoms with Gasteiger partial charge in [-0.15, -0.1) is 0 Å². The van der Waals surface area contributed by atoms with Crippen LogP contribution in [0.25, 0.3) is 142 Å². The Balaban J connectivity index is 1.21. The molecular formula is C60H36N2. The van der Waals surface area contributed by atoms with Crippen LogP contribution in [0.2, 0.25) is 0 Å². The zero-order valence-corrected chi connectivity index (χ0v) is 34.2. The predicted molar refractivity (Wildman–Crippen MR) is 266 cm³/mol. The summed E-state index contributed by atoms with van der Waals surface area (Å²) >= 11 is 0. The van der Waals surface area contributed by atoms with E-state index < -0.39 is 0 Å². The van der Waals surface area contributed by atoms with Gasteiger partial charge in [0.05, 0.1) is 33.1 Å². The summed E-state index contributed by atoms with van der Waals surface area (Å²) in [5, 5.41) is 20.5. The lowest BCUT2D eigenvalue weighted by Gasteiger charge is -2.19. The van der Waals surface area contributed by atoms with Crippen LogP contribution in [0, 0.1) is 13.8 Å². The summed E-state index contributed by atoms with van der Waals surface area (Å²) in [5.74, 6) is 0. The van der Waals surface area contributed by atoms with Gasteiger partial charge in [0, 0.05) is 43.1 Å². The van der Waals surface area contributed by atoms with Crippen molar-refractivity contribution in [1.29, 1.82) is 0 Å². The number of fused-ring (bicyclic) bond motifs is 16. The highest BCUT2D eigenvalue weighted by Gasteiger charge is 2.25. The SMILES string of the molecule is Cc1ccc2c(c1)c1cccc3c4cc5c(-c6ccc7ccccc7c6)c6cc7c(cc6c(-c6ccc8ccccc8c6)c5cc4n2c13)c1cccc2c3cc(C)ccc3n7c21. The van der Waals surface area contributed by atoms with E-state index in [0.717, 1.165) is 0 Å². The second-order valence-electron chi connectivity index (χ2n) is 17.8. The van der Waals surface area contributed by atoms with Gasteiger partial charge in [-0.05, 0) is 140 Å². The molecule has 2 nitrogen and oxygen atoms in total. The Labute approximate surface area is 355 Å². The summed E-state index contributed by atoms with van der Waals surface area (Å²) in [4.78, 5) is 0. The number of rotatable bonds is 2. The summed E-state index contributed by atoms with van der Waals surface area (Å²) in [7, 11) is 0. The number of para-hydroxylation sites is 2. The lowest BCUT2D eigenvalue weighted by molar-refractivity contribution is 1.37. The Hall–Kier alpha value is -7.94. The highest BCUT2D eigenvalue weighted by molar-refractivity contribution is 6.32. The van der Waals surface area contributed by atoms with Gasteiger partial charge in [0.25, 0.3) is 0 Å². The number of nitrogens with zero attached hydrogens (tertiary/aromatic N) is 2. The third kappa shape index (κ3) is 4.09. The molecule has 4 heterocycles. The first-order valence-electron chi connectivity index (χ1n) is 21.7. The maximum Gasteiger partial charge on any atom is 0.0620 e. The third-order valence-corrected chi connectivity index (χ3v) is 14.4. The number of aromatic nitrogens is 2. The number of hydrogen-bond acceptors (Lipinski definition) is 0. The maximum atomic E-state index is 2.54. The van der Waals surface area contributed by atoms with E-state index in [1.807, 2.05) is 0 Å². The zero-order valence-electron chi connectivity index (χ0n) is 34.2. The first kappa shape index (κ1) is 32.9. The van der Waals surface area contributed by atoms with Crippen molar-refractivity contribution in [2.24, 2.45) is 0 Å². The first-order valence-corrected chi connectivity index (χ1v) is 21.7. The van der Waals surface area contributed by atoms with E-state index in [2.05, 4.69) is 205 Å². The van der Waals surface area contributed by atoms with Gasteiger partial charge in [-0.3, -0.25) is 0 Å². The minimum atomic E-state index is 1.23. The molecule has 0 atom stereocenters. The molecule has 15 rings (SSSR count). The molecule has 0 bridgehead atoms. The summed E-state index contributed by atoms with van der Waals surface area (Å²) in [6.07, 6.45) is 0. The molecular weight excluding hydrogens is 749 g/mol. The Morgan fingerprint density at radius 1 is 0.258 bits per heavy atom. The highest BCUT2D eigenvalue weighted by Crippen LogP contribution is 2.50. The molecule has 0 spiro atoms. The van der Waals surface area contributed by atoms with Crippen LogP contribution in [0.3, 0.4) is 0 Å². The van der Waals surface area contributed by atoms with E-state index >= 15 is 0 Å². The Morgan fingerprint density at radius 3 is 1.08 bits per heavy atom. The van der Waals surface area contributed by atoms with Gasteiger partial charge in [-0.25, -0.2) is 0 Å². The molecule has 15 aromatic rings. The van der Waals surface area contributed by atoms with Gasteiger partial charge < -0.3 is 8.80 Å². The fraction of sp³-hybridized carbons (Fsp3) is 0.0333. The number of benzene rings is 11. The van der Waals surface area contributed by atoms with Gasteiger partial charge in [-0.1, -0.05) is 132 Å². The largest absolute Gasteiger partial charge is 0.308 e. The van der Waals surface area contributed by atoms with Crippen molar-refractivity contribution >= 4 is 119 Å². The van der Waals surface area contributed by atoms with Crippen LogP contribution < -0.4 is 0 Å². The van der Waals surface area contributed by atoms with Crippen LogP contribution in [-0.2, 0) is 0 Å². The molecule has 0 saturated carbocycles. The van der Waals surface area contributed by atoms with E-state index in [9.17, 15) is 0 Å². The summed E-state index contributed by atoms with van der Waals surface area (Å²) in [6, 6.07) is 69.5. The fourth-order valence-corrected chi connectivity index (χ4v) is 11.7. The first-order chi connectivity index (χ1) is 30.6. The molecule has 0 saturated heterocycles. The minimum Gasteiger partial charge on any atom is -0.308 e. The van der Waals surface area contributed by atoms with E-state index in [0.29, 0.717) is 0 Å². The lowest BCUT2D eigenvalue weighted by atomic mass is 9.84. The third-order valence-electron chi connectivity index (χ3n) is 14.4. The van der Waals surface area contributed by atoms with Crippen LogP contribution in [0.4, 0.5) is 0 Å². The van der Waals surface area contributed by atoms with Crippen LogP contribution in [0.5, 0.6) is 0 Å². The molecule has 0 aliphatic rings. The van der Waals surface area contributed by atoms with E-state index in [1.54, 1.807) is 0 Å². The Morgan fingerprint density at radius 2 is 0.645 bits per heavy atom. The molecule has 0 aliphatic heterocycles. The molecule has 11 aromatic carbocycles. The summed E-state index contributed by atoms with van der Waals surface area (Å²) < 4.78 is 5.09. The minimum absolute atomic E-state index is 1.23. The van der Waals surface area contributed by atoms with Gasteiger partial charge in [-0.2, -0.15) is 0 Å². The monoisotopic (exact) mass is 784 g/mol. The molecule has 2 heteroatoms. The van der Waals surface area contributed by atoms with Gasteiger partial charge >= 0.3 is 0 Å². The van der Waals surface area contributed by atoms with E-state index in [1.165, 1.54) is 153 Å². The predicted octanol–water partition coefficient (Wildman–Crippen LogP) is 16.6. The van der Waals surface area contributed by atoms with Crippen molar-refractivity contribution in [2.45, 2.75) is 13.8 Å². The van der Waals surface area contributed by atoms with Crippen molar-refractivity contribution in [3.63, 3.8) is 0 Å². The molecule has 4 aromatic heterocycles. The average Bonchev–Trinajstić information content (AvgIpc) is 4.02. The highest BCUT2D eigenvalue weighted by atomic mass is 14.9. The second-order valence-corrected chi connectivity index (χ2v) is 17.8. The van der Waals surface area contributed by atoms with Gasteiger partial charge in [0.1, 0.15) is 0 Å². The van der Waals surface area contributed by atoms with Crippen LogP contribution in [0.1, 0.15) is 11.1 Å². The van der Waals surface area contributed by atoms with Crippen molar-refractivity contribution in [2.75, 3.05) is 0 Å². The van der Waals surface area contributed by atoms with Crippen molar-refractivity contribution in [3.8, 4) is 22.3 Å². The van der Waals surface area contributed by atoms with E-state index in [4.69, 9.17) is 0 Å². The van der Waals surface area contributed by atoms with Crippen molar-refractivity contribution < 1.29 is 0 Å². The van der Waals surface area contributed by atoms with E-state index in [-0.39, 0.29) is 0 Å². The van der Waals surface area contributed by atoms with Gasteiger partial charge in [0.15, 0.2) is 0 Å². The van der Waals surface area contributed by atoms with Crippen molar-refractivity contribution in [3.05, 3.63) is 193 Å². The quantitative estimate of drug-likeness (QED) is 0.154. The number of aryl methyl sites for hydroxylation is 2. The molecule has 0 N–H and O–H groups in total. The molecule has 0 amide bonds. The van der Waals surface area contributed by atoms with Crippen molar-refractivity contribution in [1.82, 2.24) is 8.80 Å². The molecule has 286 valence electrons. The zero-order chi connectivity index (χ0) is 40.5. The smallest absolute Gasteiger partial charge is 0.0620 e. The molecule has 0 unspecified atom stereocenters. The number of hydrogen-bond donors (Lipinski definition) is 0. The standard InChI is InChI=1S/C60H36N2/c1-33-17-23-53-45(25-33)41-13-7-15-43-47-29-49-51(31-55(47)61(53)59(41)43)57(39-21-19-35-9-3-5-11-37(35)27-39)50-30-48-44-16-8-14-42-46-26-34(2)18-24-54(46)62(60(42)44)56(48)32-52(50)58(49)40-22-20-36-10-4-6-12-38(36)28-40/h3-32H,1-2H3. The van der Waals surface area contributed by atoms with Crippen LogP contribution >= 0.6 is 0 Å². The summed E-state index contributed by atoms with van der Waals surface area (Å²) in [6.45, 7) is 4.40. The normalized spacial score (nSPS) is 12.7. The molecule has 0 aliphatic carbocycles. The second kappa shape index (κ2) is 11.5. The van der Waals surface area contributed by atoms with Gasteiger partial charge in [0.2, 0.25) is 0 Å². The fourth-order valence-electron chi connectivity index (χ4n) is 11.7. The molecule has 0 radical (unpaired) electrons. The summed E-state index contributed by atoms with van der Waals surface area (Å²) in [5.41, 5.74) is 15.2. The van der Waals surface area contributed by atoms with Crippen LogP contribution in [-0.4, -0.2) is 8.80 Å². The lowest BCUT2D eigenvalue weighted by Crippen LogP contribution is -1.93.